The third-order valence-corrected chi connectivity index (χ3v) is 5.79. The molecular formula is C21H45NS. The molecule has 0 aliphatic rings. The van der Waals surface area contributed by atoms with E-state index in [1.807, 2.05) is 0 Å². The first kappa shape index (κ1) is 23.3. The van der Waals surface area contributed by atoms with Crippen LogP contribution in [0.25, 0.3) is 0 Å². The highest BCUT2D eigenvalue weighted by Gasteiger charge is 1.95. The first-order chi connectivity index (χ1) is 11.4. The van der Waals surface area contributed by atoms with E-state index in [0.29, 0.717) is 0 Å². The van der Waals surface area contributed by atoms with Crippen LogP contribution in [0.5, 0.6) is 0 Å². The summed E-state index contributed by atoms with van der Waals surface area (Å²) in [5.74, 6) is 2.60. The molecule has 0 spiro atoms. The summed E-state index contributed by atoms with van der Waals surface area (Å²) in [7, 11) is 0. The summed E-state index contributed by atoms with van der Waals surface area (Å²) in [5, 5.41) is 0. The molecule has 0 radical (unpaired) electrons. The molecular weight excluding hydrogens is 298 g/mol. The molecule has 0 rings (SSSR count). The number of hydrogen-bond acceptors (Lipinski definition) is 2. The summed E-state index contributed by atoms with van der Waals surface area (Å²) < 4.78 is 0. The Morgan fingerprint density at radius 2 is 0.826 bits per heavy atom. The maximum absolute atomic E-state index is 5.49. The Bertz CT molecular complexity index is 176. The van der Waals surface area contributed by atoms with Gasteiger partial charge in [0.2, 0.25) is 0 Å². The van der Waals surface area contributed by atoms with E-state index in [1.165, 1.54) is 121 Å². The minimum Gasteiger partial charge on any atom is -0.330 e. The summed E-state index contributed by atoms with van der Waals surface area (Å²) in [6.07, 6.45) is 24.5. The molecule has 0 aromatic rings. The van der Waals surface area contributed by atoms with Crippen LogP contribution in [0.2, 0.25) is 0 Å². The Hall–Kier alpha value is 0.310. The van der Waals surface area contributed by atoms with Crippen molar-refractivity contribution in [1.29, 1.82) is 0 Å². The Morgan fingerprint density at radius 1 is 0.478 bits per heavy atom. The van der Waals surface area contributed by atoms with Crippen molar-refractivity contribution in [2.24, 2.45) is 5.73 Å². The van der Waals surface area contributed by atoms with E-state index in [-0.39, 0.29) is 0 Å². The van der Waals surface area contributed by atoms with E-state index in [2.05, 4.69) is 18.7 Å². The Balaban J connectivity index is 2.92. The number of unbranched alkanes of at least 4 members (excludes halogenated alkanes) is 15. The molecule has 0 aromatic heterocycles. The first-order valence-corrected chi connectivity index (χ1v) is 11.8. The van der Waals surface area contributed by atoms with Gasteiger partial charge in [-0.25, -0.2) is 0 Å². The van der Waals surface area contributed by atoms with Gasteiger partial charge in [-0.05, 0) is 30.9 Å². The minimum absolute atomic E-state index is 0.853. The van der Waals surface area contributed by atoms with Crippen LogP contribution >= 0.6 is 11.8 Å². The highest BCUT2D eigenvalue weighted by atomic mass is 32.2. The average Bonchev–Trinajstić information content (AvgIpc) is 2.57. The van der Waals surface area contributed by atoms with Crippen LogP contribution in [0, 0.1) is 0 Å². The smallest absolute Gasteiger partial charge is 0.00555 e. The second kappa shape index (κ2) is 22.3. The van der Waals surface area contributed by atoms with Gasteiger partial charge in [-0.2, -0.15) is 11.8 Å². The standard InChI is InChI=1S/C21H45NS/c1-2-3-4-5-6-7-8-9-10-11-12-13-14-15-16-17-20-23-21-18-19-22/h2-22H2,1H3. The van der Waals surface area contributed by atoms with Gasteiger partial charge in [0.05, 0.1) is 0 Å². The lowest BCUT2D eigenvalue weighted by Gasteiger charge is -2.04. The van der Waals surface area contributed by atoms with E-state index in [4.69, 9.17) is 5.73 Å². The van der Waals surface area contributed by atoms with Crippen LogP contribution in [0.1, 0.15) is 116 Å². The third-order valence-electron chi connectivity index (χ3n) is 4.64. The van der Waals surface area contributed by atoms with Gasteiger partial charge in [-0.3, -0.25) is 0 Å². The maximum atomic E-state index is 5.49. The quantitative estimate of drug-likeness (QED) is 0.234. The van der Waals surface area contributed by atoms with Crippen molar-refractivity contribution >= 4 is 11.8 Å². The average molecular weight is 344 g/mol. The lowest BCUT2D eigenvalue weighted by atomic mass is 10.0. The van der Waals surface area contributed by atoms with Gasteiger partial charge in [-0.15, -0.1) is 0 Å². The van der Waals surface area contributed by atoms with Gasteiger partial charge in [0, 0.05) is 0 Å². The molecule has 0 unspecified atom stereocenters. The van der Waals surface area contributed by atoms with Gasteiger partial charge < -0.3 is 5.73 Å². The van der Waals surface area contributed by atoms with Crippen molar-refractivity contribution in [2.75, 3.05) is 18.1 Å². The molecule has 0 atom stereocenters. The molecule has 0 saturated heterocycles. The van der Waals surface area contributed by atoms with E-state index >= 15 is 0 Å². The summed E-state index contributed by atoms with van der Waals surface area (Å²) in [5.41, 5.74) is 5.49. The molecule has 0 bridgehead atoms. The van der Waals surface area contributed by atoms with Crippen LogP contribution in [-0.2, 0) is 0 Å². The molecule has 140 valence electrons. The van der Waals surface area contributed by atoms with Gasteiger partial charge in [0.15, 0.2) is 0 Å². The number of nitrogens with two attached hydrogens (primary N) is 1. The fraction of sp³-hybridized carbons (Fsp3) is 1.00. The molecule has 0 aliphatic carbocycles. The number of hydrogen-bond donors (Lipinski definition) is 1. The molecule has 0 aliphatic heterocycles. The zero-order valence-electron chi connectivity index (χ0n) is 16.1. The Labute approximate surface area is 152 Å². The SMILES string of the molecule is CCCCCCCCCCCCCCCCCCSCCCN. The van der Waals surface area contributed by atoms with Crippen LogP contribution in [0.15, 0.2) is 0 Å². The van der Waals surface area contributed by atoms with E-state index < -0.39 is 0 Å². The second-order valence-electron chi connectivity index (χ2n) is 7.06. The van der Waals surface area contributed by atoms with E-state index in [0.717, 1.165) is 6.54 Å². The molecule has 0 heterocycles. The topological polar surface area (TPSA) is 26.0 Å². The summed E-state index contributed by atoms with van der Waals surface area (Å²) in [6.45, 7) is 3.15. The normalized spacial score (nSPS) is 11.2. The highest BCUT2D eigenvalue weighted by Crippen LogP contribution is 2.14. The molecule has 2 heteroatoms. The van der Waals surface area contributed by atoms with Crippen molar-refractivity contribution in [1.82, 2.24) is 0 Å². The molecule has 0 amide bonds. The molecule has 1 nitrogen and oxygen atoms in total. The number of thioether (sulfide) groups is 1. The van der Waals surface area contributed by atoms with Crippen molar-refractivity contribution in [3.05, 3.63) is 0 Å². The fourth-order valence-electron chi connectivity index (χ4n) is 3.04. The van der Waals surface area contributed by atoms with Gasteiger partial charge in [0.1, 0.15) is 0 Å². The summed E-state index contributed by atoms with van der Waals surface area (Å²) in [6, 6.07) is 0. The Morgan fingerprint density at radius 3 is 1.22 bits per heavy atom. The zero-order chi connectivity index (χ0) is 16.8. The third kappa shape index (κ3) is 22.3. The zero-order valence-corrected chi connectivity index (χ0v) is 16.9. The molecule has 0 fully saturated rings. The number of rotatable bonds is 20. The Kier molecular flexibility index (Phi) is 22.6. The monoisotopic (exact) mass is 343 g/mol. The van der Waals surface area contributed by atoms with Crippen LogP contribution < -0.4 is 5.73 Å². The first-order valence-electron chi connectivity index (χ1n) is 10.7. The molecule has 2 N–H and O–H groups in total. The summed E-state index contributed by atoms with van der Waals surface area (Å²) >= 11 is 2.08. The van der Waals surface area contributed by atoms with Crippen molar-refractivity contribution in [2.45, 2.75) is 116 Å². The lowest BCUT2D eigenvalue weighted by molar-refractivity contribution is 0.531. The predicted molar refractivity (Wildman–Crippen MR) is 111 cm³/mol. The largest absolute Gasteiger partial charge is 0.330 e. The van der Waals surface area contributed by atoms with Crippen LogP contribution in [0.3, 0.4) is 0 Å². The van der Waals surface area contributed by atoms with E-state index in [1.54, 1.807) is 0 Å². The predicted octanol–water partition coefficient (Wildman–Crippen LogP) is 7.33. The lowest BCUT2D eigenvalue weighted by Crippen LogP contribution is -1.99. The van der Waals surface area contributed by atoms with Crippen LogP contribution in [-0.4, -0.2) is 18.1 Å². The second-order valence-corrected chi connectivity index (χ2v) is 8.28. The maximum Gasteiger partial charge on any atom is -0.00555 e. The highest BCUT2D eigenvalue weighted by molar-refractivity contribution is 7.99. The fourth-order valence-corrected chi connectivity index (χ4v) is 4.02. The van der Waals surface area contributed by atoms with Crippen molar-refractivity contribution in [3.63, 3.8) is 0 Å². The van der Waals surface area contributed by atoms with Gasteiger partial charge in [-0.1, -0.05) is 103 Å². The van der Waals surface area contributed by atoms with Gasteiger partial charge in [0.25, 0.3) is 0 Å². The molecule has 23 heavy (non-hydrogen) atoms. The van der Waals surface area contributed by atoms with Crippen molar-refractivity contribution < 1.29 is 0 Å². The molecule has 0 saturated carbocycles. The summed E-state index contributed by atoms with van der Waals surface area (Å²) in [4.78, 5) is 0. The molecule has 0 aromatic carbocycles. The van der Waals surface area contributed by atoms with Gasteiger partial charge >= 0.3 is 0 Å². The van der Waals surface area contributed by atoms with E-state index in [9.17, 15) is 0 Å². The van der Waals surface area contributed by atoms with Crippen LogP contribution in [0.4, 0.5) is 0 Å². The minimum atomic E-state index is 0.853. The van der Waals surface area contributed by atoms with Crippen molar-refractivity contribution in [3.8, 4) is 0 Å².